The molecule has 6 N–H and O–H groups in total. The second kappa shape index (κ2) is 12.7. The van der Waals surface area contributed by atoms with E-state index in [2.05, 4.69) is 34.6 Å². The van der Waals surface area contributed by atoms with Gasteiger partial charge in [-0.25, -0.2) is 0 Å². The van der Waals surface area contributed by atoms with Crippen LogP contribution in [0.15, 0.2) is 36.4 Å². The van der Waals surface area contributed by atoms with Crippen molar-refractivity contribution >= 4 is 0 Å². The summed E-state index contributed by atoms with van der Waals surface area (Å²) in [4.78, 5) is 0. The number of benzene rings is 2. The fourth-order valence-electron chi connectivity index (χ4n) is 3.08. The molecule has 0 bridgehead atoms. The smallest absolute Gasteiger partial charge is 0.157 e. The van der Waals surface area contributed by atoms with Gasteiger partial charge in [-0.2, -0.15) is 0 Å². The molecule has 6 heteroatoms. The summed E-state index contributed by atoms with van der Waals surface area (Å²) in [6.45, 7) is 10.4. The Labute approximate surface area is 191 Å². The van der Waals surface area contributed by atoms with Crippen LogP contribution >= 0.6 is 0 Å². The lowest BCUT2D eigenvalue weighted by molar-refractivity contribution is 0.147. The number of aliphatic hydroxyl groups excluding tert-OH is 3. The Kier molecular flexibility index (Phi) is 11.0. The fourth-order valence-corrected chi connectivity index (χ4v) is 3.08. The number of rotatable bonds is 8. The number of aliphatic hydroxyl groups is 3. The summed E-state index contributed by atoms with van der Waals surface area (Å²) in [5, 5.41) is 56.7. The van der Waals surface area contributed by atoms with E-state index in [1.165, 1.54) is 18.2 Å². The minimum atomic E-state index is -0.570. The molecule has 0 heterocycles. The molecule has 2 aromatic carbocycles. The maximum absolute atomic E-state index is 10.0. The van der Waals surface area contributed by atoms with Gasteiger partial charge >= 0.3 is 0 Å². The van der Waals surface area contributed by atoms with Gasteiger partial charge in [-0.3, -0.25) is 0 Å². The summed E-state index contributed by atoms with van der Waals surface area (Å²) >= 11 is 0. The highest BCUT2D eigenvalue weighted by atomic mass is 16.3. The largest absolute Gasteiger partial charge is 0.508 e. The molecule has 2 aromatic rings. The van der Waals surface area contributed by atoms with Crippen LogP contribution in [-0.2, 0) is 6.61 Å². The van der Waals surface area contributed by atoms with Crippen LogP contribution in [0.25, 0.3) is 0 Å². The molecule has 6 nitrogen and oxygen atoms in total. The van der Waals surface area contributed by atoms with Crippen molar-refractivity contribution in [2.45, 2.75) is 79.1 Å². The molecule has 0 saturated heterocycles. The third-order valence-electron chi connectivity index (χ3n) is 5.23. The summed E-state index contributed by atoms with van der Waals surface area (Å²) < 4.78 is 0. The van der Waals surface area contributed by atoms with Crippen molar-refractivity contribution in [3.05, 3.63) is 53.1 Å². The molecule has 0 aliphatic rings. The van der Waals surface area contributed by atoms with Crippen LogP contribution in [0.2, 0.25) is 0 Å². The first-order valence-electron chi connectivity index (χ1n) is 11.1. The first kappa shape index (κ1) is 27.8. The molecule has 2 atom stereocenters. The van der Waals surface area contributed by atoms with Gasteiger partial charge in [0.15, 0.2) is 11.5 Å². The van der Waals surface area contributed by atoms with Crippen molar-refractivity contribution in [1.82, 2.24) is 0 Å². The number of phenols is 3. The van der Waals surface area contributed by atoms with Gasteiger partial charge in [-0.05, 0) is 72.4 Å². The molecule has 0 aliphatic heterocycles. The highest BCUT2D eigenvalue weighted by Crippen LogP contribution is 2.30. The van der Waals surface area contributed by atoms with Crippen LogP contribution in [0.5, 0.6) is 17.2 Å². The zero-order valence-electron chi connectivity index (χ0n) is 19.9. The van der Waals surface area contributed by atoms with Crippen LogP contribution in [-0.4, -0.2) is 30.6 Å². The van der Waals surface area contributed by atoms with Gasteiger partial charge in [-0.1, -0.05) is 46.8 Å². The Morgan fingerprint density at radius 2 is 1.25 bits per heavy atom. The van der Waals surface area contributed by atoms with E-state index in [4.69, 9.17) is 10.2 Å². The van der Waals surface area contributed by atoms with Gasteiger partial charge in [-0.15, -0.1) is 0 Å². The molecule has 0 saturated carbocycles. The number of aromatic hydroxyl groups is 3. The van der Waals surface area contributed by atoms with Crippen molar-refractivity contribution in [3.63, 3.8) is 0 Å². The Balaban J connectivity index is 0.000000323. The molecule has 2 rings (SSSR count). The van der Waals surface area contributed by atoms with Crippen molar-refractivity contribution in [2.75, 3.05) is 0 Å². The minimum Gasteiger partial charge on any atom is -0.508 e. The van der Waals surface area contributed by atoms with E-state index in [0.29, 0.717) is 29.9 Å². The first-order valence-corrected chi connectivity index (χ1v) is 11.1. The Morgan fingerprint density at radius 1 is 0.719 bits per heavy atom. The lowest BCUT2D eigenvalue weighted by Crippen LogP contribution is -2.08. The Morgan fingerprint density at radius 3 is 1.75 bits per heavy atom. The van der Waals surface area contributed by atoms with Crippen molar-refractivity contribution in [2.24, 2.45) is 11.3 Å². The fraction of sp³-hybridized carbons (Fsp3) is 0.538. The van der Waals surface area contributed by atoms with Gasteiger partial charge in [0, 0.05) is 5.56 Å². The Hall–Kier alpha value is -2.28. The van der Waals surface area contributed by atoms with E-state index >= 15 is 0 Å². The van der Waals surface area contributed by atoms with Gasteiger partial charge < -0.3 is 30.6 Å². The lowest BCUT2D eigenvalue weighted by atomic mass is 9.88. The topological polar surface area (TPSA) is 121 Å². The van der Waals surface area contributed by atoms with E-state index in [-0.39, 0.29) is 29.3 Å². The van der Waals surface area contributed by atoms with Crippen LogP contribution in [0, 0.1) is 11.3 Å². The summed E-state index contributed by atoms with van der Waals surface area (Å²) in [7, 11) is 0. The molecular formula is C26H40O6. The van der Waals surface area contributed by atoms with Crippen LogP contribution in [0.3, 0.4) is 0 Å². The zero-order valence-corrected chi connectivity index (χ0v) is 19.9. The molecular weight excluding hydrogens is 408 g/mol. The van der Waals surface area contributed by atoms with Crippen LogP contribution in [0.1, 0.15) is 89.2 Å². The SMILES string of the molecule is CC(C)(C)CCC(O)c1ccc(O)c(CO)c1.CC(C)CCC(O)c1ccc(O)c(O)c1. The molecule has 0 fully saturated rings. The maximum Gasteiger partial charge on any atom is 0.157 e. The predicted molar refractivity (Wildman–Crippen MR) is 126 cm³/mol. The second-order valence-electron chi connectivity index (χ2n) is 9.90. The van der Waals surface area contributed by atoms with E-state index in [1.807, 2.05) is 0 Å². The molecule has 0 aromatic heterocycles. The average Bonchev–Trinajstić information content (AvgIpc) is 2.72. The molecule has 180 valence electrons. The normalized spacial score (nSPS) is 13.4. The van der Waals surface area contributed by atoms with Crippen molar-refractivity contribution in [3.8, 4) is 17.2 Å². The minimum absolute atomic E-state index is 0.0688. The first-order chi connectivity index (χ1) is 14.8. The van der Waals surface area contributed by atoms with Gasteiger partial charge in [0.1, 0.15) is 5.75 Å². The summed E-state index contributed by atoms with van der Waals surface area (Å²) in [6.07, 6.45) is 2.09. The Bertz CT molecular complexity index is 826. The summed E-state index contributed by atoms with van der Waals surface area (Å²) in [6, 6.07) is 9.29. The predicted octanol–water partition coefficient (Wildman–Crippen LogP) is 5.31. The number of hydrogen-bond donors (Lipinski definition) is 6. The highest BCUT2D eigenvalue weighted by Gasteiger charge is 2.16. The number of hydrogen-bond acceptors (Lipinski definition) is 6. The van der Waals surface area contributed by atoms with E-state index < -0.39 is 12.2 Å². The second-order valence-corrected chi connectivity index (χ2v) is 9.90. The quantitative estimate of drug-likeness (QED) is 0.304. The standard InChI is InChI=1S/C14H22O3.C12H18O3/c1-14(2,3)7-6-13(17)10-4-5-12(16)11(8-10)9-15;1-8(2)3-5-10(13)9-4-6-11(14)12(15)7-9/h4-5,8,13,15-17H,6-7,9H2,1-3H3;4,6-8,10,13-15H,3,5H2,1-2H3. The average molecular weight is 449 g/mol. The van der Waals surface area contributed by atoms with Gasteiger partial charge in [0.05, 0.1) is 18.8 Å². The van der Waals surface area contributed by atoms with E-state index in [9.17, 15) is 20.4 Å². The van der Waals surface area contributed by atoms with Crippen molar-refractivity contribution in [1.29, 1.82) is 0 Å². The van der Waals surface area contributed by atoms with Gasteiger partial charge in [0.25, 0.3) is 0 Å². The molecule has 0 spiro atoms. The molecule has 0 aliphatic carbocycles. The molecule has 0 amide bonds. The van der Waals surface area contributed by atoms with E-state index in [1.54, 1.807) is 18.2 Å². The maximum atomic E-state index is 10.0. The number of phenolic OH excluding ortho intramolecular Hbond substituents is 2. The summed E-state index contributed by atoms with van der Waals surface area (Å²) in [5.41, 5.74) is 2.04. The van der Waals surface area contributed by atoms with Crippen LogP contribution in [0.4, 0.5) is 0 Å². The molecule has 0 radical (unpaired) electrons. The van der Waals surface area contributed by atoms with Gasteiger partial charge in [0.2, 0.25) is 0 Å². The zero-order chi connectivity index (χ0) is 24.5. The lowest BCUT2D eigenvalue weighted by Gasteiger charge is -2.20. The monoisotopic (exact) mass is 448 g/mol. The van der Waals surface area contributed by atoms with Crippen molar-refractivity contribution < 1.29 is 30.6 Å². The molecule has 32 heavy (non-hydrogen) atoms. The van der Waals surface area contributed by atoms with Crippen LogP contribution < -0.4 is 0 Å². The summed E-state index contributed by atoms with van der Waals surface area (Å²) in [5.74, 6) is 0.274. The highest BCUT2D eigenvalue weighted by molar-refractivity contribution is 5.41. The molecule has 2 unspecified atom stereocenters. The third kappa shape index (κ3) is 9.90. The third-order valence-corrected chi connectivity index (χ3v) is 5.23. The van der Waals surface area contributed by atoms with E-state index in [0.717, 1.165) is 18.4 Å².